The second kappa shape index (κ2) is 3.99. The lowest BCUT2D eigenvalue weighted by atomic mass is 10.2. The molecule has 1 fully saturated rings. The Morgan fingerprint density at radius 2 is 2.00 bits per heavy atom. The average Bonchev–Trinajstić information content (AvgIpc) is 2.36. The van der Waals surface area contributed by atoms with Gasteiger partial charge in [-0.1, -0.05) is 0 Å². The van der Waals surface area contributed by atoms with Crippen LogP contribution >= 0.6 is 0 Å². The van der Waals surface area contributed by atoms with Crippen LogP contribution in [-0.4, -0.2) is 49.3 Å². The average molecular weight is 263 g/mol. The van der Waals surface area contributed by atoms with E-state index in [0.717, 1.165) is 4.90 Å². The van der Waals surface area contributed by atoms with Gasteiger partial charge in [0.2, 0.25) is 15.7 Å². The molecule has 0 aromatic rings. The van der Waals surface area contributed by atoms with Gasteiger partial charge in [0, 0.05) is 14.1 Å². The number of amidine groups is 1. The van der Waals surface area contributed by atoms with Crippen LogP contribution in [0.4, 0.5) is 4.79 Å². The highest BCUT2D eigenvalue weighted by Crippen LogP contribution is 2.29. The number of nitrogens with zero attached hydrogens (tertiary/aromatic N) is 2. The molecule has 8 nitrogen and oxygen atoms in total. The summed E-state index contributed by atoms with van der Waals surface area (Å²) in [6, 6.07) is 0. The van der Waals surface area contributed by atoms with Gasteiger partial charge in [0.25, 0.3) is 5.17 Å². The van der Waals surface area contributed by atoms with Crippen molar-refractivity contribution in [2.45, 2.75) is 18.6 Å². The third-order valence-corrected chi connectivity index (χ3v) is 4.78. The Hall–Kier alpha value is -1.64. The molecule has 1 aliphatic heterocycles. The number of amides is 2. The van der Waals surface area contributed by atoms with E-state index in [1.165, 1.54) is 27.9 Å². The number of nitrogens with one attached hydrogen (secondary N) is 1. The fourth-order valence-corrected chi connectivity index (χ4v) is 2.65. The first-order valence-corrected chi connectivity index (χ1v) is 6.14. The van der Waals surface area contributed by atoms with Crippen LogP contribution in [0.15, 0.2) is 5.16 Å². The summed E-state index contributed by atoms with van der Waals surface area (Å²) in [6.07, 6.45) is -0.918. The van der Waals surface area contributed by atoms with Gasteiger partial charge in [0.05, 0.1) is 0 Å². The quantitative estimate of drug-likeness (QED) is 0.496. The van der Waals surface area contributed by atoms with Crippen LogP contribution in [0.3, 0.4) is 0 Å². The van der Waals surface area contributed by atoms with Crippen LogP contribution in [-0.2, 0) is 19.5 Å². The molecule has 1 aliphatic rings. The molecule has 96 valence electrons. The van der Waals surface area contributed by atoms with Gasteiger partial charge < -0.3 is 5.32 Å². The van der Waals surface area contributed by atoms with Crippen molar-refractivity contribution in [3.8, 4) is 0 Å². The monoisotopic (exact) mass is 263 g/mol. The van der Waals surface area contributed by atoms with E-state index in [1.54, 1.807) is 0 Å². The number of rotatable bonds is 1. The minimum Gasteiger partial charge on any atom is -0.323 e. The Kier molecular flexibility index (Phi) is 3.15. The highest BCUT2D eigenvalue weighted by molar-refractivity contribution is 8.08. The summed E-state index contributed by atoms with van der Waals surface area (Å²) in [5.74, 6) is -0.628. The number of hydrogen-bond donors (Lipinski definition) is 1. The minimum atomic E-state index is -3.95. The number of carbonyl (C=O) groups is 2. The van der Waals surface area contributed by atoms with Crippen LogP contribution in [0.2, 0.25) is 0 Å². The molecule has 17 heavy (non-hydrogen) atoms. The summed E-state index contributed by atoms with van der Waals surface area (Å²) in [7, 11) is -1.40. The summed E-state index contributed by atoms with van der Waals surface area (Å²) >= 11 is 0. The summed E-state index contributed by atoms with van der Waals surface area (Å²) < 4.78 is 22.3. The van der Waals surface area contributed by atoms with E-state index in [9.17, 15) is 18.0 Å². The summed E-state index contributed by atoms with van der Waals surface area (Å²) in [5, 5.41) is 4.72. The molecule has 0 radical (unpaired) electrons. The van der Waals surface area contributed by atoms with Gasteiger partial charge >= 0.3 is 6.09 Å². The molecule has 0 aromatic carbocycles. The van der Waals surface area contributed by atoms with E-state index in [0.29, 0.717) is 0 Å². The number of oxime groups is 1. The Labute approximate surface area is 98.5 Å². The summed E-state index contributed by atoms with van der Waals surface area (Å²) in [6.45, 7) is 2.53. The Morgan fingerprint density at radius 1 is 1.47 bits per heavy atom. The fourth-order valence-electron chi connectivity index (χ4n) is 1.25. The van der Waals surface area contributed by atoms with Crippen LogP contribution in [0.25, 0.3) is 0 Å². The zero-order valence-electron chi connectivity index (χ0n) is 9.84. The SMILES string of the molecule is CNC(=O)ON=C1N(C)C(=O)C(C)(C)S1(=O)=O. The molecule has 0 atom stereocenters. The van der Waals surface area contributed by atoms with Crippen molar-refractivity contribution in [1.82, 2.24) is 10.2 Å². The van der Waals surface area contributed by atoms with E-state index in [-0.39, 0.29) is 0 Å². The van der Waals surface area contributed by atoms with Crippen molar-refractivity contribution in [3.05, 3.63) is 0 Å². The lowest BCUT2D eigenvalue weighted by Crippen LogP contribution is -2.36. The fraction of sp³-hybridized carbons (Fsp3) is 0.625. The first-order valence-electron chi connectivity index (χ1n) is 4.65. The van der Waals surface area contributed by atoms with Crippen LogP contribution in [0.5, 0.6) is 0 Å². The van der Waals surface area contributed by atoms with Crippen molar-refractivity contribution in [2.24, 2.45) is 5.16 Å². The molecule has 0 saturated carbocycles. The van der Waals surface area contributed by atoms with Crippen LogP contribution < -0.4 is 5.32 Å². The molecule has 9 heteroatoms. The predicted molar refractivity (Wildman–Crippen MR) is 58.7 cm³/mol. The predicted octanol–water partition coefficient (Wildman–Crippen LogP) is -0.721. The topological polar surface area (TPSA) is 105 Å². The number of hydrogen-bond acceptors (Lipinski definition) is 6. The van der Waals surface area contributed by atoms with E-state index in [4.69, 9.17) is 0 Å². The van der Waals surface area contributed by atoms with E-state index >= 15 is 0 Å². The van der Waals surface area contributed by atoms with Gasteiger partial charge in [-0.3, -0.25) is 14.5 Å². The molecule has 1 heterocycles. The Morgan fingerprint density at radius 3 is 2.35 bits per heavy atom. The standard InChI is InChI=1S/C8H13N3O5S/c1-8(2)5(12)11(4)6(17(8,14)15)10-16-7(13)9-3/h1-4H3,(H,9,13). The zero-order chi connectivity index (χ0) is 13.4. The van der Waals surface area contributed by atoms with Gasteiger partial charge in [-0.05, 0) is 19.0 Å². The third-order valence-electron chi connectivity index (χ3n) is 2.43. The lowest BCUT2D eigenvalue weighted by molar-refractivity contribution is -0.127. The maximum absolute atomic E-state index is 11.9. The van der Waals surface area contributed by atoms with Gasteiger partial charge in [0.1, 0.15) is 0 Å². The van der Waals surface area contributed by atoms with Gasteiger partial charge in [0.15, 0.2) is 4.75 Å². The lowest BCUT2D eigenvalue weighted by Gasteiger charge is -2.11. The van der Waals surface area contributed by atoms with Crippen LogP contribution in [0.1, 0.15) is 13.8 Å². The molecule has 0 spiro atoms. The van der Waals surface area contributed by atoms with Crippen LogP contribution in [0, 0.1) is 0 Å². The second-order valence-electron chi connectivity index (χ2n) is 3.88. The van der Waals surface area contributed by atoms with Gasteiger partial charge in [-0.25, -0.2) is 13.2 Å². The minimum absolute atomic E-state index is 0.573. The molecule has 1 N–H and O–H groups in total. The molecule has 0 bridgehead atoms. The summed E-state index contributed by atoms with van der Waals surface area (Å²) in [4.78, 5) is 27.6. The largest absolute Gasteiger partial charge is 0.433 e. The Balaban J connectivity index is 3.18. The molecule has 2 amide bonds. The Bertz CT molecular complexity index is 493. The van der Waals surface area contributed by atoms with Crippen molar-refractivity contribution in [2.75, 3.05) is 14.1 Å². The van der Waals surface area contributed by atoms with Crippen molar-refractivity contribution < 1.29 is 22.8 Å². The molecule has 1 saturated heterocycles. The van der Waals surface area contributed by atoms with Gasteiger partial charge in [-0.2, -0.15) is 0 Å². The molecule has 0 aromatic heterocycles. The number of sulfone groups is 1. The molecule has 0 unspecified atom stereocenters. The maximum atomic E-state index is 11.9. The zero-order valence-corrected chi connectivity index (χ0v) is 10.7. The van der Waals surface area contributed by atoms with E-state index in [2.05, 4.69) is 15.3 Å². The maximum Gasteiger partial charge on any atom is 0.433 e. The van der Waals surface area contributed by atoms with Crippen molar-refractivity contribution >= 4 is 27.0 Å². The van der Waals surface area contributed by atoms with Crippen molar-refractivity contribution in [1.29, 1.82) is 0 Å². The smallest absolute Gasteiger partial charge is 0.323 e. The molecule has 1 rings (SSSR count). The second-order valence-corrected chi connectivity index (χ2v) is 6.27. The first kappa shape index (κ1) is 13.4. The van der Waals surface area contributed by atoms with E-state index in [1.807, 2.05) is 0 Å². The van der Waals surface area contributed by atoms with Crippen molar-refractivity contribution in [3.63, 3.8) is 0 Å². The highest BCUT2D eigenvalue weighted by Gasteiger charge is 2.56. The molecular weight excluding hydrogens is 250 g/mol. The van der Waals surface area contributed by atoms with E-state index < -0.39 is 31.8 Å². The third kappa shape index (κ3) is 1.86. The molecular formula is C8H13N3O5S. The number of carbonyl (C=O) groups excluding carboxylic acids is 2. The van der Waals surface area contributed by atoms with Gasteiger partial charge in [-0.15, -0.1) is 0 Å². The normalized spacial score (nSPS) is 23.9. The summed E-state index contributed by atoms with van der Waals surface area (Å²) in [5.41, 5.74) is 0. The highest BCUT2D eigenvalue weighted by atomic mass is 32.2. The first-order chi connectivity index (χ1) is 7.66. The molecule has 0 aliphatic carbocycles.